The molecule has 0 heterocycles. The Balaban J connectivity index is 1.90. The minimum absolute atomic E-state index is 0.234. The standard InChI is InChI=1S/C23H20FNS/c1-17-7-11-19(12-8-17)25-16-15-23(21-5-3-4-6-22(21)24)26-20-13-9-18(2)10-14-20/h3-16H,1-2H3. The van der Waals surface area contributed by atoms with Gasteiger partial charge >= 0.3 is 0 Å². The van der Waals surface area contributed by atoms with Crippen molar-refractivity contribution in [3.8, 4) is 0 Å². The third-order valence-corrected chi connectivity index (χ3v) is 4.96. The first-order chi connectivity index (χ1) is 12.6. The quantitative estimate of drug-likeness (QED) is 0.353. The number of hydrogen-bond donors (Lipinski definition) is 0. The average Bonchev–Trinajstić information content (AvgIpc) is 2.65. The van der Waals surface area contributed by atoms with Crippen LogP contribution in [0.15, 0.2) is 88.8 Å². The fourth-order valence-corrected chi connectivity index (χ4v) is 3.33. The largest absolute Gasteiger partial charge is 0.257 e. The molecule has 0 amide bonds. The molecule has 3 aromatic carbocycles. The summed E-state index contributed by atoms with van der Waals surface area (Å²) in [6.45, 7) is 4.10. The molecule has 26 heavy (non-hydrogen) atoms. The van der Waals surface area contributed by atoms with E-state index in [4.69, 9.17) is 0 Å². The molecule has 0 N–H and O–H groups in total. The van der Waals surface area contributed by atoms with Crippen LogP contribution in [0, 0.1) is 19.7 Å². The summed E-state index contributed by atoms with van der Waals surface area (Å²) >= 11 is 1.53. The summed E-state index contributed by atoms with van der Waals surface area (Å²) in [6, 6.07) is 23.0. The number of hydrogen-bond acceptors (Lipinski definition) is 2. The lowest BCUT2D eigenvalue weighted by atomic mass is 10.2. The van der Waals surface area contributed by atoms with Crippen LogP contribution >= 0.6 is 11.8 Å². The van der Waals surface area contributed by atoms with Crippen LogP contribution in [0.5, 0.6) is 0 Å². The molecule has 0 aliphatic heterocycles. The van der Waals surface area contributed by atoms with Gasteiger partial charge in [0.1, 0.15) is 5.82 Å². The number of benzene rings is 3. The maximum atomic E-state index is 14.3. The molecule has 0 unspecified atom stereocenters. The van der Waals surface area contributed by atoms with Gasteiger partial charge in [-0.05, 0) is 50.3 Å². The highest BCUT2D eigenvalue weighted by atomic mass is 32.2. The van der Waals surface area contributed by atoms with E-state index in [-0.39, 0.29) is 5.82 Å². The lowest BCUT2D eigenvalue weighted by Crippen LogP contribution is -1.87. The smallest absolute Gasteiger partial charge is 0.131 e. The average molecular weight is 361 g/mol. The molecule has 3 rings (SSSR count). The summed E-state index contributed by atoms with van der Waals surface area (Å²) in [4.78, 5) is 6.35. The van der Waals surface area contributed by atoms with Gasteiger partial charge in [-0.2, -0.15) is 0 Å². The maximum absolute atomic E-state index is 14.3. The number of allylic oxidation sites excluding steroid dienone is 1. The van der Waals surface area contributed by atoms with Gasteiger partial charge in [0.15, 0.2) is 0 Å². The minimum Gasteiger partial charge on any atom is -0.257 e. The van der Waals surface area contributed by atoms with Crippen LogP contribution in [-0.4, -0.2) is 6.21 Å². The SMILES string of the molecule is Cc1ccc(N=CC=C(Sc2ccc(C)cc2)c2ccccc2F)cc1. The Bertz CT molecular complexity index is 925. The molecular weight excluding hydrogens is 341 g/mol. The molecule has 0 aromatic heterocycles. The Hall–Kier alpha value is -2.65. The molecule has 3 heteroatoms. The van der Waals surface area contributed by atoms with E-state index in [1.165, 1.54) is 29.0 Å². The van der Waals surface area contributed by atoms with Crippen molar-refractivity contribution in [1.29, 1.82) is 0 Å². The molecule has 1 nitrogen and oxygen atoms in total. The zero-order valence-electron chi connectivity index (χ0n) is 14.8. The molecule has 0 spiro atoms. The first-order valence-corrected chi connectivity index (χ1v) is 9.24. The van der Waals surface area contributed by atoms with Gasteiger partial charge in [-0.3, -0.25) is 4.99 Å². The van der Waals surface area contributed by atoms with Gasteiger partial charge < -0.3 is 0 Å². The van der Waals surface area contributed by atoms with Crippen molar-refractivity contribution < 1.29 is 4.39 Å². The van der Waals surface area contributed by atoms with Crippen LogP contribution in [0.3, 0.4) is 0 Å². The van der Waals surface area contributed by atoms with E-state index in [1.807, 2.05) is 55.5 Å². The van der Waals surface area contributed by atoms with Crippen LogP contribution < -0.4 is 0 Å². The number of halogens is 1. The molecule has 0 fully saturated rings. The first kappa shape index (κ1) is 18.2. The second kappa shape index (κ2) is 8.63. The fraction of sp³-hybridized carbons (Fsp3) is 0.0870. The maximum Gasteiger partial charge on any atom is 0.131 e. The van der Waals surface area contributed by atoms with Gasteiger partial charge in [0, 0.05) is 21.6 Å². The van der Waals surface area contributed by atoms with Gasteiger partial charge in [-0.25, -0.2) is 4.39 Å². The summed E-state index contributed by atoms with van der Waals surface area (Å²) in [7, 11) is 0. The third kappa shape index (κ3) is 4.93. The van der Waals surface area contributed by atoms with Gasteiger partial charge in [-0.1, -0.05) is 65.4 Å². The summed E-state index contributed by atoms with van der Waals surface area (Å²) < 4.78 is 14.3. The molecule has 0 saturated heterocycles. The Morgan fingerprint density at radius 1 is 0.846 bits per heavy atom. The normalized spacial score (nSPS) is 11.9. The van der Waals surface area contributed by atoms with E-state index in [9.17, 15) is 4.39 Å². The van der Waals surface area contributed by atoms with E-state index >= 15 is 0 Å². The van der Waals surface area contributed by atoms with E-state index in [1.54, 1.807) is 18.3 Å². The van der Waals surface area contributed by atoms with Crippen LogP contribution in [-0.2, 0) is 0 Å². The molecule has 0 aliphatic rings. The van der Waals surface area contributed by atoms with Crippen molar-refractivity contribution in [3.63, 3.8) is 0 Å². The van der Waals surface area contributed by atoms with Gasteiger partial charge in [0.25, 0.3) is 0 Å². The first-order valence-electron chi connectivity index (χ1n) is 8.42. The van der Waals surface area contributed by atoms with Crippen molar-refractivity contribution in [1.82, 2.24) is 0 Å². The molecule has 3 aromatic rings. The number of aliphatic imine (C=N–C) groups is 1. The Kier molecular flexibility index (Phi) is 6.03. The van der Waals surface area contributed by atoms with Crippen LogP contribution in [0.25, 0.3) is 4.91 Å². The minimum atomic E-state index is -0.234. The van der Waals surface area contributed by atoms with Crippen molar-refractivity contribution in [2.45, 2.75) is 18.7 Å². The highest BCUT2D eigenvalue weighted by Gasteiger charge is 2.08. The fourth-order valence-electron chi connectivity index (χ4n) is 2.39. The Labute approximate surface area is 158 Å². The summed E-state index contributed by atoms with van der Waals surface area (Å²) in [5, 5.41) is 0. The molecule has 0 saturated carbocycles. The van der Waals surface area contributed by atoms with E-state index in [0.29, 0.717) is 5.56 Å². The topological polar surface area (TPSA) is 12.4 Å². The van der Waals surface area contributed by atoms with Crippen molar-refractivity contribution in [2.75, 3.05) is 0 Å². The second-order valence-electron chi connectivity index (χ2n) is 6.04. The van der Waals surface area contributed by atoms with Crippen molar-refractivity contribution in [3.05, 3.63) is 101 Å². The van der Waals surface area contributed by atoms with E-state index in [2.05, 4.69) is 24.0 Å². The summed E-state index contributed by atoms with van der Waals surface area (Å²) in [6.07, 6.45) is 3.59. The lowest BCUT2D eigenvalue weighted by molar-refractivity contribution is 0.625. The second-order valence-corrected chi connectivity index (χ2v) is 7.15. The van der Waals surface area contributed by atoms with Gasteiger partial charge in [-0.15, -0.1) is 0 Å². The summed E-state index contributed by atoms with van der Waals surface area (Å²) in [5.41, 5.74) is 3.85. The molecule has 0 aliphatic carbocycles. The van der Waals surface area contributed by atoms with Crippen LogP contribution in [0.1, 0.15) is 16.7 Å². The number of thioether (sulfide) groups is 1. The highest BCUT2D eigenvalue weighted by Crippen LogP contribution is 2.35. The zero-order valence-corrected chi connectivity index (χ0v) is 15.6. The third-order valence-electron chi connectivity index (χ3n) is 3.87. The van der Waals surface area contributed by atoms with Gasteiger partial charge in [0.05, 0.1) is 5.69 Å². The Morgan fingerprint density at radius 3 is 2.12 bits per heavy atom. The van der Waals surface area contributed by atoms with E-state index in [0.717, 1.165) is 15.5 Å². The number of nitrogens with zero attached hydrogens (tertiary/aromatic N) is 1. The van der Waals surface area contributed by atoms with Gasteiger partial charge in [0.2, 0.25) is 0 Å². The number of aryl methyl sites for hydroxylation is 2. The van der Waals surface area contributed by atoms with Crippen LogP contribution in [0.4, 0.5) is 10.1 Å². The predicted octanol–water partition coefficient (Wildman–Crippen LogP) is 6.98. The zero-order chi connectivity index (χ0) is 18.4. The van der Waals surface area contributed by atoms with E-state index < -0.39 is 0 Å². The molecule has 0 bridgehead atoms. The van der Waals surface area contributed by atoms with Crippen molar-refractivity contribution >= 4 is 28.6 Å². The number of rotatable bonds is 5. The molecule has 130 valence electrons. The highest BCUT2D eigenvalue weighted by molar-refractivity contribution is 8.08. The molecule has 0 radical (unpaired) electrons. The predicted molar refractivity (Wildman–Crippen MR) is 111 cm³/mol. The molecular formula is C23H20FNS. The monoisotopic (exact) mass is 361 g/mol. The van der Waals surface area contributed by atoms with Crippen LogP contribution in [0.2, 0.25) is 0 Å². The molecule has 0 atom stereocenters. The lowest BCUT2D eigenvalue weighted by Gasteiger charge is -2.08. The Morgan fingerprint density at radius 2 is 1.46 bits per heavy atom. The summed E-state index contributed by atoms with van der Waals surface area (Å²) in [5.74, 6) is -0.234. The van der Waals surface area contributed by atoms with Crippen molar-refractivity contribution in [2.24, 2.45) is 4.99 Å².